The molecule has 1 aromatic heterocycles. The van der Waals surface area contributed by atoms with Gasteiger partial charge in [0.05, 0.1) is 18.8 Å². The first-order valence-corrected chi connectivity index (χ1v) is 10.7. The van der Waals surface area contributed by atoms with E-state index in [9.17, 15) is 14.9 Å². The molecule has 1 aliphatic heterocycles. The zero-order chi connectivity index (χ0) is 22.4. The standard InChI is InChI=1S/C24H29N5O2/c1-16-13-17(2)26-23(21(16)15-25)29-11-9-20(10-12-29)28-24(31)22(27-18(3)30)14-19-7-5-4-6-8-19/h4-8,13,20,22H,9-12,14H2,1-3H3,(H,27,30)(H,28,31)/p+1/t22-/m1/s1. The monoisotopic (exact) mass is 420 g/mol. The van der Waals surface area contributed by atoms with Gasteiger partial charge in [0.15, 0.2) is 0 Å². The third kappa shape index (κ3) is 5.82. The normalized spacial score (nSPS) is 15.1. The van der Waals surface area contributed by atoms with Crippen LogP contribution >= 0.6 is 0 Å². The quantitative estimate of drug-likeness (QED) is 0.745. The van der Waals surface area contributed by atoms with Crippen LogP contribution in [-0.4, -0.2) is 37.0 Å². The molecule has 7 heteroatoms. The topological polar surface area (TPSA) is 99.4 Å². The van der Waals surface area contributed by atoms with E-state index in [0.717, 1.165) is 48.6 Å². The number of H-pyrrole nitrogens is 1. The van der Waals surface area contributed by atoms with Crippen molar-refractivity contribution in [3.63, 3.8) is 0 Å². The Bertz CT molecular complexity index is 975. The molecular weight excluding hydrogens is 390 g/mol. The summed E-state index contributed by atoms with van der Waals surface area (Å²) < 4.78 is 0. The van der Waals surface area contributed by atoms with Crippen molar-refractivity contribution in [3.8, 4) is 6.07 Å². The Labute approximate surface area is 183 Å². The van der Waals surface area contributed by atoms with Crippen molar-refractivity contribution in [3.05, 3.63) is 58.8 Å². The van der Waals surface area contributed by atoms with Gasteiger partial charge in [-0.15, -0.1) is 0 Å². The lowest BCUT2D eigenvalue weighted by molar-refractivity contribution is -0.374. The number of aromatic amines is 1. The summed E-state index contributed by atoms with van der Waals surface area (Å²) >= 11 is 0. The largest absolute Gasteiger partial charge is 0.351 e. The molecule has 0 spiro atoms. The summed E-state index contributed by atoms with van der Waals surface area (Å²) in [6.45, 7) is 6.84. The van der Waals surface area contributed by atoms with E-state index in [1.807, 2.05) is 50.2 Å². The van der Waals surface area contributed by atoms with Gasteiger partial charge in [0, 0.05) is 32.2 Å². The van der Waals surface area contributed by atoms with Gasteiger partial charge in [-0.1, -0.05) is 30.3 Å². The van der Waals surface area contributed by atoms with Crippen LogP contribution in [0.1, 0.15) is 42.1 Å². The van der Waals surface area contributed by atoms with Crippen LogP contribution in [-0.2, 0) is 16.0 Å². The fourth-order valence-corrected chi connectivity index (χ4v) is 4.10. The van der Waals surface area contributed by atoms with Crippen molar-refractivity contribution in [2.75, 3.05) is 18.0 Å². The van der Waals surface area contributed by atoms with Crippen LogP contribution in [0.5, 0.6) is 0 Å². The molecule has 1 saturated heterocycles. The van der Waals surface area contributed by atoms with E-state index < -0.39 is 6.04 Å². The molecule has 0 aliphatic carbocycles. The number of pyridine rings is 1. The molecule has 3 rings (SSSR count). The zero-order valence-corrected chi connectivity index (χ0v) is 18.4. The molecule has 1 atom stereocenters. The number of hydrogen-bond acceptors (Lipinski definition) is 4. The number of anilines is 1. The molecule has 2 heterocycles. The molecular formula is C24H30N5O2+. The number of hydrogen-bond donors (Lipinski definition) is 2. The number of rotatable bonds is 6. The van der Waals surface area contributed by atoms with E-state index in [0.29, 0.717) is 12.0 Å². The van der Waals surface area contributed by atoms with Gasteiger partial charge in [-0.3, -0.25) is 14.5 Å². The van der Waals surface area contributed by atoms with E-state index >= 15 is 0 Å². The van der Waals surface area contributed by atoms with Crippen LogP contribution in [0.15, 0.2) is 36.4 Å². The van der Waals surface area contributed by atoms with E-state index in [-0.39, 0.29) is 17.9 Å². The molecule has 7 nitrogen and oxygen atoms in total. The van der Waals surface area contributed by atoms with E-state index in [2.05, 4.69) is 26.6 Å². The number of nitrogens with zero attached hydrogens (tertiary/aromatic N) is 2. The maximum Gasteiger partial charge on any atom is 0.292 e. The molecule has 0 saturated carbocycles. The van der Waals surface area contributed by atoms with Crippen molar-refractivity contribution < 1.29 is 14.6 Å². The number of piperidine rings is 1. The number of nitriles is 1. The number of carbonyl (C=O) groups excluding carboxylic acids is 2. The molecule has 1 aliphatic rings. The van der Waals surface area contributed by atoms with Crippen LogP contribution in [0.4, 0.5) is 5.82 Å². The Morgan fingerprint density at radius 3 is 2.52 bits per heavy atom. The molecule has 2 aromatic rings. The molecule has 0 radical (unpaired) electrons. The van der Waals surface area contributed by atoms with Crippen LogP contribution in [0.3, 0.4) is 0 Å². The molecule has 0 bridgehead atoms. The van der Waals surface area contributed by atoms with Gasteiger partial charge in [-0.2, -0.15) is 5.26 Å². The fourth-order valence-electron chi connectivity index (χ4n) is 4.10. The average molecular weight is 421 g/mol. The molecule has 3 N–H and O–H groups in total. The highest BCUT2D eigenvalue weighted by molar-refractivity contribution is 5.87. The molecule has 1 aromatic carbocycles. The highest BCUT2D eigenvalue weighted by Crippen LogP contribution is 2.22. The third-order valence-electron chi connectivity index (χ3n) is 5.63. The summed E-state index contributed by atoms with van der Waals surface area (Å²) in [6, 6.07) is 13.4. The maximum absolute atomic E-state index is 12.9. The Kier molecular flexibility index (Phi) is 7.24. The Morgan fingerprint density at radius 1 is 1.23 bits per heavy atom. The Balaban J connectivity index is 1.62. The van der Waals surface area contributed by atoms with Crippen molar-refractivity contribution in [1.29, 1.82) is 5.26 Å². The van der Waals surface area contributed by atoms with Crippen molar-refractivity contribution >= 4 is 17.6 Å². The van der Waals surface area contributed by atoms with Gasteiger partial charge in [-0.25, -0.2) is 4.98 Å². The lowest BCUT2D eigenvalue weighted by Crippen LogP contribution is -2.53. The lowest BCUT2D eigenvalue weighted by atomic mass is 10.0. The maximum atomic E-state index is 12.9. The summed E-state index contributed by atoms with van der Waals surface area (Å²) in [7, 11) is 0. The van der Waals surface area contributed by atoms with Gasteiger partial charge in [0.1, 0.15) is 17.7 Å². The van der Waals surface area contributed by atoms with Gasteiger partial charge in [0.25, 0.3) is 5.82 Å². The summed E-state index contributed by atoms with van der Waals surface area (Å²) in [5.74, 6) is 0.471. The van der Waals surface area contributed by atoms with Crippen molar-refractivity contribution in [2.45, 2.75) is 52.1 Å². The molecule has 0 unspecified atom stereocenters. The minimum absolute atomic E-state index is 0.0345. The predicted molar refractivity (Wildman–Crippen MR) is 118 cm³/mol. The second kappa shape index (κ2) is 10.1. The number of carbonyl (C=O) groups is 2. The zero-order valence-electron chi connectivity index (χ0n) is 18.4. The highest BCUT2D eigenvalue weighted by Gasteiger charge is 2.30. The van der Waals surface area contributed by atoms with Crippen LogP contribution in [0, 0.1) is 25.2 Å². The van der Waals surface area contributed by atoms with Gasteiger partial charge >= 0.3 is 0 Å². The number of amides is 2. The Morgan fingerprint density at radius 2 is 1.90 bits per heavy atom. The minimum atomic E-state index is -0.601. The average Bonchev–Trinajstić information content (AvgIpc) is 2.74. The molecule has 162 valence electrons. The van der Waals surface area contributed by atoms with Gasteiger partial charge in [-0.05, 0) is 31.0 Å². The van der Waals surface area contributed by atoms with E-state index in [4.69, 9.17) is 0 Å². The van der Waals surface area contributed by atoms with Crippen LogP contribution in [0.2, 0.25) is 0 Å². The van der Waals surface area contributed by atoms with Crippen molar-refractivity contribution in [1.82, 2.24) is 10.6 Å². The van der Waals surface area contributed by atoms with Crippen LogP contribution in [0.25, 0.3) is 0 Å². The van der Waals surface area contributed by atoms with Crippen molar-refractivity contribution in [2.24, 2.45) is 0 Å². The second-order valence-electron chi connectivity index (χ2n) is 8.18. The van der Waals surface area contributed by atoms with Gasteiger partial charge < -0.3 is 10.6 Å². The van der Waals surface area contributed by atoms with Gasteiger partial charge in [0.2, 0.25) is 11.8 Å². The number of aromatic nitrogens is 1. The molecule has 2 amide bonds. The van der Waals surface area contributed by atoms with E-state index in [1.54, 1.807) is 0 Å². The fraction of sp³-hybridized carbons (Fsp3) is 0.417. The molecule has 1 fully saturated rings. The first kappa shape index (κ1) is 22.3. The van der Waals surface area contributed by atoms with Crippen LogP contribution < -0.4 is 20.5 Å². The SMILES string of the molecule is CC(=O)N[C@H](Cc1ccccc1)C(=O)NC1CCN(c2[nH+]c(C)cc(C)c2C#N)CC1. The number of nitrogens with one attached hydrogen (secondary N) is 3. The Hall–Kier alpha value is -3.40. The second-order valence-corrected chi connectivity index (χ2v) is 8.18. The first-order valence-electron chi connectivity index (χ1n) is 10.7. The predicted octanol–water partition coefficient (Wildman–Crippen LogP) is 1.82. The third-order valence-corrected chi connectivity index (χ3v) is 5.63. The summed E-state index contributed by atoms with van der Waals surface area (Å²) in [6.07, 6.45) is 2.00. The summed E-state index contributed by atoms with van der Waals surface area (Å²) in [5.41, 5.74) is 3.64. The minimum Gasteiger partial charge on any atom is -0.351 e. The first-order chi connectivity index (χ1) is 14.9. The lowest BCUT2D eigenvalue weighted by Gasteiger charge is -2.30. The highest BCUT2D eigenvalue weighted by atomic mass is 16.2. The molecule has 31 heavy (non-hydrogen) atoms. The number of benzene rings is 1. The smallest absolute Gasteiger partial charge is 0.292 e. The number of aryl methyl sites for hydroxylation is 2. The summed E-state index contributed by atoms with van der Waals surface area (Å²) in [4.78, 5) is 30.0. The van der Waals surface area contributed by atoms with E-state index in [1.165, 1.54) is 6.92 Å². The summed E-state index contributed by atoms with van der Waals surface area (Å²) in [5, 5.41) is 15.4.